The van der Waals surface area contributed by atoms with Crippen molar-refractivity contribution in [2.24, 2.45) is 0 Å². The molecule has 1 aliphatic rings. The number of nitrogens with zero attached hydrogens (tertiary/aromatic N) is 1. The maximum Gasteiger partial charge on any atom is 0.227 e. The van der Waals surface area contributed by atoms with Gasteiger partial charge in [-0.2, -0.15) is 0 Å². The van der Waals surface area contributed by atoms with Gasteiger partial charge >= 0.3 is 0 Å². The quantitative estimate of drug-likeness (QED) is 0.526. The molecule has 60 valence electrons. The SMILES string of the molecule is CC(=O)N1C=CS(=O)(=O)C=C1. The standard InChI is InChI=1S/C6H7NO3S/c1-6(8)7-2-4-11(9,10)5-3-7/h2-5H,1H3. The molecule has 11 heavy (non-hydrogen) atoms. The highest BCUT2D eigenvalue weighted by molar-refractivity contribution is 7.97. The zero-order valence-corrected chi connectivity index (χ0v) is 6.71. The van der Waals surface area contributed by atoms with Crippen LogP contribution in [0.15, 0.2) is 23.2 Å². The molecule has 1 aliphatic heterocycles. The van der Waals surface area contributed by atoms with Crippen LogP contribution in [-0.2, 0) is 14.6 Å². The molecule has 4 nitrogen and oxygen atoms in total. The summed E-state index contributed by atoms with van der Waals surface area (Å²) in [5, 5.41) is 1.96. The Balaban J connectivity index is 2.89. The van der Waals surface area contributed by atoms with Crippen molar-refractivity contribution in [1.29, 1.82) is 0 Å². The Hall–Kier alpha value is -1.10. The van der Waals surface area contributed by atoms with Gasteiger partial charge in [-0.15, -0.1) is 0 Å². The van der Waals surface area contributed by atoms with Crippen molar-refractivity contribution >= 4 is 15.7 Å². The van der Waals surface area contributed by atoms with Crippen molar-refractivity contribution in [3.8, 4) is 0 Å². The van der Waals surface area contributed by atoms with E-state index in [0.717, 1.165) is 10.8 Å². The molecule has 0 radical (unpaired) electrons. The zero-order chi connectivity index (χ0) is 8.48. The lowest BCUT2D eigenvalue weighted by atomic mass is 10.6. The molecule has 0 aliphatic carbocycles. The molecule has 5 heteroatoms. The summed E-state index contributed by atoms with van der Waals surface area (Å²) in [5.41, 5.74) is 0. The molecule has 0 fully saturated rings. The zero-order valence-electron chi connectivity index (χ0n) is 5.89. The van der Waals surface area contributed by atoms with E-state index in [0.29, 0.717) is 0 Å². The van der Waals surface area contributed by atoms with E-state index in [1.165, 1.54) is 24.2 Å². The third-order valence-corrected chi connectivity index (χ3v) is 2.19. The minimum Gasteiger partial charge on any atom is -0.294 e. The van der Waals surface area contributed by atoms with Gasteiger partial charge in [0.1, 0.15) is 0 Å². The van der Waals surface area contributed by atoms with Crippen LogP contribution in [0.4, 0.5) is 0 Å². The van der Waals surface area contributed by atoms with Gasteiger partial charge in [0.25, 0.3) is 0 Å². The Kier molecular flexibility index (Phi) is 1.82. The second-order valence-corrected chi connectivity index (χ2v) is 3.81. The molecule has 1 amide bonds. The molecule has 1 rings (SSSR count). The topological polar surface area (TPSA) is 54.5 Å². The van der Waals surface area contributed by atoms with E-state index in [1.807, 2.05) is 0 Å². The van der Waals surface area contributed by atoms with Crippen LogP contribution >= 0.6 is 0 Å². The summed E-state index contributed by atoms with van der Waals surface area (Å²) in [7, 11) is -3.20. The second-order valence-electron chi connectivity index (χ2n) is 2.09. The summed E-state index contributed by atoms with van der Waals surface area (Å²) in [6.45, 7) is 1.35. The van der Waals surface area contributed by atoms with Crippen LogP contribution in [0, 0.1) is 0 Å². The van der Waals surface area contributed by atoms with Gasteiger partial charge in [-0.1, -0.05) is 0 Å². The van der Waals surface area contributed by atoms with Crippen molar-refractivity contribution in [3.05, 3.63) is 23.2 Å². The lowest BCUT2D eigenvalue weighted by Gasteiger charge is -2.12. The van der Waals surface area contributed by atoms with Gasteiger partial charge in [0.2, 0.25) is 5.91 Å². The van der Waals surface area contributed by atoms with Crippen LogP contribution in [0.2, 0.25) is 0 Å². The van der Waals surface area contributed by atoms with E-state index in [1.54, 1.807) is 0 Å². The van der Waals surface area contributed by atoms with Crippen LogP contribution in [0.3, 0.4) is 0 Å². The molecule has 0 aromatic heterocycles. The maximum absolute atomic E-state index is 10.7. The Bertz CT molecular complexity index is 306. The Morgan fingerprint density at radius 3 is 2.09 bits per heavy atom. The predicted octanol–water partition coefficient (Wildman–Crippen LogP) is 0.206. The fraction of sp³-hybridized carbons (Fsp3) is 0.167. The molecular formula is C6H7NO3S. The molecule has 0 aromatic rings. The number of amides is 1. The number of sulfone groups is 1. The summed E-state index contributed by atoms with van der Waals surface area (Å²) >= 11 is 0. The Labute approximate surface area is 64.7 Å². The molecule has 0 aromatic carbocycles. The molecule has 0 bridgehead atoms. The predicted molar refractivity (Wildman–Crippen MR) is 39.7 cm³/mol. The van der Waals surface area contributed by atoms with Gasteiger partial charge < -0.3 is 0 Å². The summed E-state index contributed by atoms with van der Waals surface area (Å²) in [6.07, 6.45) is 2.44. The highest BCUT2D eigenvalue weighted by Gasteiger charge is 2.09. The van der Waals surface area contributed by atoms with Crippen LogP contribution < -0.4 is 0 Å². The molecule has 0 N–H and O–H groups in total. The molecule has 1 heterocycles. The summed E-state index contributed by atoms with van der Waals surface area (Å²) < 4.78 is 21.4. The fourth-order valence-corrected chi connectivity index (χ4v) is 1.30. The van der Waals surface area contributed by atoms with E-state index < -0.39 is 9.84 Å². The molecule has 0 saturated heterocycles. The number of rotatable bonds is 0. The van der Waals surface area contributed by atoms with Crippen LogP contribution in [0.5, 0.6) is 0 Å². The highest BCUT2D eigenvalue weighted by atomic mass is 32.2. The van der Waals surface area contributed by atoms with Crippen LogP contribution in [0.25, 0.3) is 0 Å². The molecule has 0 atom stereocenters. The van der Waals surface area contributed by atoms with Crippen molar-refractivity contribution in [2.75, 3.05) is 0 Å². The lowest BCUT2D eigenvalue weighted by molar-refractivity contribution is -0.124. The highest BCUT2D eigenvalue weighted by Crippen LogP contribution is 2.06. The molecular weight excluding hydrogens is 166 g/mol. The first-order valence-electron chi connectivity index (χ1n) is 2.92. The average molecular weight is 173 g/mol. The number of hydrogen-bond acceptors (Lipinski definition) is 3. The van der Waals surface area contributed by atoms with E-state index in [-0.39, 0.29) is 5.91 Å². The van der Waals surface area contributed by atoms with Crippen molar-refractivity contribution in [2.45, 2.75) is 6.92 Å². The Morgan fingerprint density at radius 2 is 1.73 bits per heavy atom. The Morgan fingerprint density at radius 1 is 1.27 bits per heavy atom. The molecule has 0 unspecified atom stereocenters. The number of carbonyl (C=O) groups excluding carboxylic acids is 1. The van der Waals surface area contributed by atoms with Crippen molar-refractivity contribution in [3.63, 3.8) is 0 Å². The largest absolute Gasteiger partial charge is 0.294 e. The van der Waals surface area contributed by atoms with Crippen LogP contribution in [0.1, 0.15) is 6.92 Å². The minimum atomic E-state index is -3.20. The third kappa shape index (κ3) is 1.91. The van der Waals surface area contributed by atoms with Gasteiger partial charge in [0.05, 0.1) is 10.8 Å². The third-order valence-electron chi connectivity index (χ3n) is 1.19. The minimum absolute atomic E-state index is 0.215. The smallest absolute Gasteiger partial charge is 0.227 e. The molecule has 0 spiro atoms. The molecule has 0 saturated carbocycles. The summed E-state index contributed by atoms with van der Waals surface area (Å²) in [6, 6.07) is 0. The second kappa shape index (κ2) is 2.50. The van der Waals surface area contributed by atoms with Crippen molar-refractivity contribution in [1.82, 2.24) is 4.90 Å². The van der Waals surface area contributed by atoms with Crippen LogP contribution in [-0.4, -0.2) is 19.2 Å². The van der Waals surface area contributed by atoms with E-state index in [2.05, 4.69) is 0 Å². The number of carbonyl (C=O) groups is 1. The summed E-state index contributed by atoms with van der Waals surface area (Å²) in [4.78, 5) is 11.8. The first-order chi connectivity index (χ1) is 5.01. The van der Waals surface area contributed by atoms with Gasteiger partial charge in [-0.25, -0.2) is 8.42 Å². The van der Waals surface area contributed by atoms with Gasteiger partial charge in [0, 0.05) is 19.3 Å². The first-order valence-corrected chi connectivity index (χ1v) is 4.53. The summed E-state index contributed by atoms with van der Waals surface area (Å²) in [5.74, 6) is -0.215. The van der Waals surface area contributed by atoms with Gasteiger partial charge in [-0.05, 0) is 0 Å². The monoisotopic (exact) mass is 173 g/mol. The normalized spacial score (nSPS) is 20.3. The fourth-order valence-electron chi connectivity index (χ4n) is 0.606. The maximum atomic E-state index is 10.7. The lowest BCUT2D eigenvalue weighted by Crippen LogP contribution is -2.18. The van der Waals surface area contributed by atoms with Crippen molar-refractivity contribution < 1.29 is 13.2 Å². The number of hydrogen-bond donors (Lipinski definition) is 0. The van der Waals surface area contributed by atoms with E-state index >= 15 is 0 Å². The average Bonchev–Trinajstić information content (AvgIpc) is 1.86. The van der Waals surface area contributed by atoms with E-state index in [4.69, 9.17) is 0 Å². The van der Waals surface area contributed by atoms with Gasteiger partial charge in [0.15, 0.2) is 9.84 Å². The van der Waals surface area contributed by atoms with Gasteiger partial charge in [-0.3, -0.25) is 9.69 Å². The van der Waals surface area contributed by atoms with E-state index in [9.17, 15) is 13.2 Å². The first kappa shape index (κ1) is 8.00.